The summed E-state index contributed by atoms with van der Waals surface area (Å²) in [6.45, 7) is 9.04. The third-order valence-electron chi connectivity index (χ3n) is 7.01. The van der Waals surface area contributed by atoms with Gasteiger partial charge in [0.05, 0.1) is 11.8 Å². The van der Waals surface area contributed by atoms with Gasteiger partial charge in [0.15, 0.2) is 0 Å². The number of rotatable bonds is 17. The summed E-state index contributed by atoms with van der Waals surface area (Å²) in [6, 6.07) is 0. The second-order valence-electron chi connectivity index (χ2n) is 10.4. The minimum Gasteiger partial charge on any atom is -0.481 e. The Hall–Kier alpha value is -1.06. The molecule has 1 rings (SSSR count). The van der Waals surface area contributed by atoms with E-state index in [1.54, 1.807) is 0 Å². The van der Waals surface area contributed by atoms with Gasteiger partial charge >= 0.3 is 11.9 Å². The molecule has 0 bridgehead atoms. The molecule has 0 amide bonds. The number of carboxylic acids is 1. The molecule has 0 spiro atoms. The molecule has 182 valence electrons. The molecule has 1 aliphatic rings. The highest BCUT2D eigenvalue weighted by Crippen LogP contribution is 2.31. The zero-order chi connectivity index (χ0) is 23.1. The van der Waals surface area contributed by atoms with Gasteiger partial charge in [-0.2, -0.15) is 0 Å². The Kier molecular flexibility index (Phi) is 14.9. The second-order valence-corrected chi connectivity index (χ2v) is 10.4. The van der Waals surface area contributed by atoms with Crippen LogP contribution in [0.3, 0.4) is 0 Å². The first-order valence-electron chi connectivity index (χ1n) is 13.3. The van der Waals surface area contributed by atoms with E-state index in [0.717, 1.165) is 25.2 Å². The maximum Gasteiger partial charge on any atom is 0.309 e. The van der Waals surface area contributed by atoms with Crippen molar-refractivity contribution in [2.75, 3.05) is 0 Å². The quantitative estimate of drug-likeness (QED) is 0.186. The van der Waals surface area contributed by atoms with Crippen LogP contribution in [-0.4, -0.2) is 23.1 Å². The molecule has 4 nitrogen and oxygen atoms in total. The summed E-state index contributed by atoms with van der Waals surface area (Å²) in [7, 11) is 0. The number of hydrogen-bond acceptors (Lipinski definition) is 3. The highest BCUT2D eigenvalue weighted by atomic mass is 16.5. The highest BCUT2D eigenvalue weighted by Gasteiger charge is 2.32. The summed E-state index contributed by atoms with van der Waals surface area (Å²) in [4.78, 5) is 24.1. The van der Waals surface area contributed by atoms with Crippen LogP contribution in [0.1, 0.15) is 130 Å². The molecule has 0 aromatic rings. The van der Waals surface area contributed by atoms with E-state index >= 15 is 0 Å². The van der Waals surface area contributed by atoms with Gasteiger partial charge in [-0.3, -0.25) is 9.59 Å². The number of hydrogen-bond donors (Lipinski definition) is 1. The van der Waals surface area contributed by atoms with Gasteiger partial charge in [0.1, 0.15) is 6.10 Å². The molecule has 1 saturated carbocycles. The summed E-state index contributed by atoms with van der Waals surface area (Å²) in [5, 5.41) is 9.21. The first kappa shape index (κ1) is 28.0. The molecule has 1 aliphatic carbocycles. The topological polar surface area (TPSA) is 63.6 Å². The van der Waals surface area contributed by atoms with Crippen molar-refractivity contribution in [3.63, 3.8) is 0 Å². The lowest BCUT2D eigenvalue weighted by Gasteiger charge is -2.28. The molecule has 4 heteroatoms. The van der Waals surface area contributed by atoms with Crippen molar-refractivity contribution < 1.29 is 19.4 Å². The van der Waals surface area contributed by atoms with Gasteiger partial charge in [0.2, 0.25) is 0 Å². The molecule has 0 aliphatic heterocycles. The van der Waals surface area contributed by atoms with Gasteiger partial charge in [-0.1, -0.05) is 85.5 Å². The molecular formula is C27H50O4. The van der Waals surface area contributed by atoms with E-state index in [-0.39, 0.29) is 23.9 Å². The van der Waals surface area contributed by atoms with Crippen LogP contribution in [0, 0.1) is 23.7 Å². The zero-order valence-corrected chi connectivity index (χ0v) is 20.9. The van der Waals surface area contributed by atoms with Gasteiger partial charge in [-0.15, -0.1) is 0 Å². The summed E-state index contributed by atoms with van der Waals surface area (Å²) < 4.78 is 6.11. The van der Waals surface area contributed by atoms with E-state index in [9.17, 15) is 14.7 Å². The largest absolute Gasteiger partial charge is 0.481 e. The average molecular weight is 439 g/mol. The van der Waals surface area contributed by atoms with Gasteiger partial charge < -0.3 is 9.84 Å². The van der Waals surface area contributed by atoms with E-state index < -0.39 is 5.97 Å². The fraction of sp³-hybridized carbons (Fsp3) is 0.926. The summed E-state index contributed by atoms with van der Waals surface area (Å²) in [5.74, 6) is 0.215. The van der Waals surface area contributed by atoms with Crippen LogP contribution in [0.2, 0.25) is 0 Å². The van der Waals surface area contributed by atoms with Crippen LogP contribution >= 0.6 is 0 Å². The van der Waals surface area contributed by atoms with Crippen molar-refractivity contribution in [1.29, 1.82) is 0 Å². The van der Waals surface area contributed by atoms with Crippen LogP contribution in [0.25, 0.3) is 0 Å². The first-order valence-corrected chi connectivity index (χ1v) is 13.3. The molecule has 1 N–H and O–H groups in total. The molecule has 0 saturated heterocycles. The van der Waals surface area contributed by atoms with Crippen molar-refractivity contribution in [2.45, 2.75) is 137 Å². The summed E-state index contributed by atoms with van der Waals surface area (Å²) >= 11 is 0. The molecule has 0 aromatic heterocycles. The lowest BCUT2D eigenvalue weighted by Crippen LogP contribution is -2.30. The molecule has 0 aromatic carbocycles. The van der Waals surface area contributed by atoms with Crippen molar-refractivity contribution in [3.05, 3.63) is 0 Å². The van der Waals surface area contributed by atoms with E-state index in [0.29, 0.717) is 31.6 Å². The number of unbranched alkanes of at least 4 members (excludes halogenated alkanes) is 4. The van der Waals surface area contributed by atoms with E-state index in [1.165, 1.54) is 57.8 Å². The van der Waals surface area contributed by atoms with Gasteiger partial charge in [0.25, 0.3) is 0 Å². The zero-order valence-electron chi connectivity index (χ0n) is 20.9. The Morgan fingerprint density at radius 1 is 0.806 bits per heavy atom. The maximum absolute atomic E-state index is 12.9. The number of aliphatic carboxylic acids is 1. The standard InChI is InChI=1S/C27H50O4/c1-5-7-9-14-22(12-6-2)20-25(15-11-8-10-13-21(3)4)31-27(30)24-18-16-23(17-19-24)26(28)29/h21-25H,5-20H2,1-4H3,(H,28,29). The predicted octanol–water partition coefficient (Wildman–Crippen LogP) is 7.78. The van der Waals surface area contributed by atoms with Crippen LogP contribution in [0.4, 0.5) is 0 Å². The van der Waals surface area contributed by atoms with Crippen LogP contribution in [0.5, 0.6) is 0 Å². The number of carbonyl (C=O) groups excluding carboxylic acids is 1. The number of ether oxygens (including phenoxy) is 1. The highest BCUT2D eigenvalue weighted by molar-refractivity contribution is 5.74. The van der Waals surface area contributed by atoms with E-state index in [1.807, 2.05) is 0 Å². The Morgan fingerprint density at radius 2 is 1.42 bits per heavy atom. The summed E-state index contributed by atoms with van der Waals surface area (Å²) in [5.41, 5.74) is 0. The smallest absolute Gasteiger partial charge is 0.309 e. The summed E-state index contributed by atoms with van der Waals surface area (Å²) in [6.07, 6.45) is 16.8. The predicted molar refractivity (Wildman–Crippen MR) is 128 cm³/mol. The number of carboxylic acid groups (broad SMARTS) is 1. The van der Waals surface area contributed by atoms with E-state index in [4.69, 9.17) is 4.74 Å². The first-order chi connectivity index (χ1) is 14.9. The average Bonchev–Trinajstić information content (AvgIpc) is 2.73. The van der Waals surface area contributed by atoms with Gasteiger partial charge in [-0.05, 0) is 56.8 Å². The molecule has 1 fully saturated rings. The van der Waals surface area contributed by atoms with Crippen molar-refractivity contribution >= 4 is 11.9 Å². The SMILES string of the molecule is CCCCCC(CCC)CC(CCCCCC(C)C)OC(=O)C1CCC(C(=O)O)CC1. The maximum atomic E-state index is 12.9. The molecule has 31 heavy (non-hydrogen) atoms. The molecular weight excluding hydrogens is 388 g/mol. The lowest BCUT2D eigenvalue weighted by atomic mass is 9.82. The molecule has 0 heterocycles. The molecule has 2 unspecified atom stereocenters. The fourth-order valence-electron chi connectivity index (χ4n) is 5.01. The Morgan fingerprint density at radius 3 is 2.00 bits per heavy atom. The molecule has 2 atom stereocenters. The van der Waals surface area contributed by atoms with Gasteiger partial charge in [0, 0.05) is 0 Å². The third-order valence-corrected chi connectivity index (χ3v) is 7.01. The Labute approximate surface area is 191 Å². The lowest BCUT2D eigenvalue weighted by molar-refractivity contribution is -0.158. The van der Waals surface area contributed by atoms with Gasteiger partial charge in [-0.25, -0.2) is 0 Å². The number of esters is 1. The van der Waals surface area contributed by atoms with Crippen molar-refractivity contribution in [1.82, 2.24) is 0 Å². The third kappa shape index (κ3) is 12.5. The number of carbonyl (C=O) groups is 2. The Balaban J connectivity index is 2.60. The van der Waals surface area contributed by atoms with Crippen LogP contribution < -0.4 is 0 Å². The van der Waals surface area contributed by atoms with Crippen LogP contribution in [-0.2, 0) is 14.3 Å². The van der Waals surface area contributed by atoms with Crippen molar-refractivity contribution in [2.24, 2.45) is 23.7 Å². The van der Waals surface area contributed by atoms with Crippen LogP contribution in [0.15, 0.2) is 0 Å². The minimum absolute atomic E-state index is 0.0296. The second kappa shape index (κ2) is 16.6. The fourth-order valence-corrected chi connectivity index (χ4v) is 5.01. The normalized spacial score (nSPS) is 21.1. The molecule has 0 radical (unpaired) electrons. The Bertz CT molecular complexity index is 480. The van der Waals surface area contributed by atoms with Crippen molar-refractivity contribution in [3.8, 4) is 0 Å². The minimum atomic E-state index is -0.722. The monoisotopic (exact) mass is 438 g/mol. The van der Waals surface area contributed by atoms with E-state index in [2.05, 4.69) is 27.7 Å².